The van der Waals surface area contributed by atoms with E-state index in [4.69, 9.17) is 23.1 Å². The number of hydrogen-bond donors (Lipinski definition) is 3. The van der Waals surface area contributed by atoms with Gasteiger partial charge in [-0.1, -0.05) is 24.9 Å². The fourth-order valence-corrected chi connectivity index (χ4v) is 2.13. The molecule has 1 amide bonds. The number of likely N-dealkylation sites (N-methyl/N-ethyl adjacent to an activating group) is 1. The Balaban J connectivity index is 0.00000441. The van der Waals surface area contributed by atoms with E-state index in [9.17, 15) is 4.79 Å². The molecule has 0 aliphatic heterocycles. The van der Waals surface area contributed by atoms with E-state index in [-0.39, 0.29) is 46.5 Å². The summed E-state index contributed by atoms with van der Waals surface area (Å²) in [6.07, 6.45) is 2.05. The van der Waals surface area contributed by atoms with E-state index in [2.05, 4.69) is 43.4 Å². The average Bonchev–Trinajstić information content (AvgIpc) is 2.37. The van der Waals surface area contributed by atoms with Crippen LogP contribution < -0.4 is 40.8 Å². The summed E-state index contributed by atoms with van der Waals surface area (Å²) < 4.78 is 0.762. The molecule has 1 rings (SSSR count). The molecular formula is C13H24ClIN6O. The van der Waals surface area contributed by atoms with Gasteiger partial charge in [0.25, 0.3) is 5.91 Å². The van der Waals surface area contributed by atoms with Gasteiger partial charge in [-0.3, -0.25) is 4.79 Å². The van der Waals surface area contributed by atoms with E-state index in [1.165, 1.54) is 0 Å². The van der Waals surface area contributed by atoms with Crippen molar-refractivity contribution in [3.05, 3.63) is 10.8 Å². The number of carbonyl (C=O) groups excluding carboxylic acids is 1. The number of nitrogens with two attached hydrogens (primary N) is 2. The number of amides is 1. The molecule has 22 heavy (non-hydrogen) atoms. The summed E-state index contributed by atoms with van der Waals surface area (Å²) in [6.45, 7) is 2.65. The lowest BCUT2D eigenvalue weighted by atomic mass is 10.1. The van der Waals surface area contributed by atoms with Gasteiger partial charge in [0.15, 0.2) is 22.5 Å². The highest BCUT2D eigenvalue weighted by molar-refractivity contribution is 6.31. The fraction of sp³-hybridized carbons (Fsp3) is 0.615. The highest BCUT2D eigenvalue weighted by Gasteiger charge is 2.24. The van der Waals surface area contributed by atoms with Crippen molar-refractivity contribution in [1.82, 2.24) is 15.3 Å². The number of carbonyl (C=O) groups is 1. The Morgan fingerprint density at radius 3 is 2.36 bits per heavy atom. The molecule has 0 unspecified atom stereocenters. The van der Waals surface area contributed by atoms with Gasteiger partial charge in [-0.2, -0.15) is 0 Å². The topological polar surface area (TPSA) is 107 Å². The van der Waals surface area contributed by atoms with Crippen LogP contribution in [0.25, 0.3) is 0 Å². The summed E-state index contributed by atoms with van der Waals surface area (Å²) in [5.74, 6) is -0.399. The maximum atomic E-state index is 12.2. The van der Waals surface area contributed by atoms with Crippen molar-refractivity contribution in [3.63, 3.8) is 0 Å². The highest BCUT2D eigenvalue weighted by Crippen LogP contribution is 2.17. The smallest absolute Gasteiger partial charge is 0.274 e. The molecule has 0 aliphatic rings. The number of aromatic nitrogens is 2. The molecule has 0 saturated carbocycles. The van der Waals surface area contributed by atoms with Crippen LogP contribution in [-0.4, -0.2) is 54.1 Å². The normalized spacial score (nSPS) is 12.4. The van der Waals surface area contributed by atoms with E-state index in [0.29, 0.717) is 12.6 Å². The number of rotatable bonds is 6. The van der Waals surface area contributed by atoms with Gasteiger partial charge >= 0.3 is 0 Å². The lowest BCUT2D eigenvalue weighted by molar-refractivity contribution is -0.895. The summed E-state index contributed by atoms with van der Waals surface area (Å²) in [4.78, 5) is 19.9. The van der Waals surface area contributed by atoms with Crippen molar-refractivity contribution in [3.8, 4) is 0 Å². The second-order valence-electron chi connectivity index (χ2n) is 5.90. The molecule has 5 N–H and O–H groups in total. The molecule has 7 nitrogen and oxygen atoms in total. The monoisotopic (exact) mass is 442 g/mol. The number of nitrogens with zero attached hydrogens (tertiary/aromatic N) is 3. The number of quaternary nitrogens is 1. The SMILES string of the molecule is CCC[C@H](CNC(=O)c1nc(Cl)c(N)nc1N)[N+](C)(C)C.[I-]. The van der Waals surface area contributed by atoms with Gasteiger partial charge in [0.05, 0.1) is 27.7 Å². The molecule has 1 aromatic rings. The molecule has 0 aliphatic carbocycles. The van der Waals surface area contributed by atoms with Gasteiger partial charge in [-0.05, 0) is 0 Å². The largest absolute Gasteiger partial charge is 1.00 e. The molecule has 0 aromatic carbocycles. The van der Waals surface area contributed by atoms with E-state index < -0.39 is 5.91 Å². The van der Waals surface area contributed by atoms with E-state index in [1.54, 1.807) is 0 Å². The van der Waals surface area contributed by atoms with Crippen molar-refractivity contribution in [2.24, 2.45) is 0 Å². The molecule has 0 radical (unpaired) electrons. The lowest BCUT2D eigenvalue weighted by Gasteiger charge is -2.34. The summed E-state index contributed by atoms with van der Waals surface area (Å²) >= 11 is 5.78. The summed E-state index contributed by atoms with van der Waals surface area (Å²) in [5.41, 5.74) is 11.2. The van der Waals surface area contributed by atoms with Crippen LogP contribution in [0.3, 0.4) is 0 Å². The Hall–Kier alpha value is -0.870. The maximum Gasteiger partial charge on any atom is 0.274 e. The zero-order chi connectivity index (χ0) is 16.2. The summed E-state index contributed by atoms with van der Waals surface area (Å²) in [7, 11) is 6.29. The third kappa shape index (κ3) is 5.73. The first kappa shape index (κ1) is 21.1. The van der Waals surface area contributed by atoms with E-state index in [1.807, 2.05) is 0 Å². The predicted octanol–water partition coefficient (Wildman–Crippen LogP) is -2.10. The number of hydrogen-bond acceptors (Lipinski definition) is 5. The molecule has 1 heterocycles. The van der Waals surface area contributed by atoms with Gasteiger partial charge in [-0.15, -0.1) is 0 Å². The van der Waals surface area contributed by atoms with Crippen molar-refractivity contribution in [1.29, 1.82) is 0 Å². The molecular weight excluding hydrogens is 419 g/mol. The first-order valence-corrected chi connectivity index (χ1v) is 7.22. The van der Waals surface area contributed by atoms with Gasteiger partial charge in [-0.25, -0.2) is 9.97 Å². The standard InChI is InChI=1S/C13H23ClN6O.HI/c1-5-6-8(20(2,3)4)7-17-13(21)9-11(15)19-12(16)10(14)18-9;/h8H,5-7H2,1-4H3,(H4-,15,16,17,19,21);1H/t8-;/m1./s1. The predicted molar refractivity (Wildman–Crippen MR) is 84.9 cm³/mol. The lowest BCUT2D eigenvalue weighted by Crippen LogP contribution is -3.00. The molecule has 0 fully saturated rings. The van der Waals surface area contributed by atoms with Crippen LogP contribution in [0.15, 0.2) is 0 Å². The Bertz CT molecular complexity index is 520. The van der Waals surface area contributed by atoms with Crippen LogP contribution in [0.2, 0.25) is 5.15 Å². The highest BCUT2D eigenvalue weighted by atomic mass is 127. The van der Waals surface area contributed by atoms with Crippen LogP contribution in [0.1, 0.15) is 30.3 Å². The summed E-state index contributed by atoms with van der Waals surface area (Å²) in [6, 6.07) is 0.303. The second-order valence-corrected chi connectivity index (χ2v) is 6.26. The van der Waals surface area contributed by atoms with E-state index >= 15 is 0 Å². The van der Waals surface area contributed by atoms with Gasteiger partial charge in [0.1, 0.15) is 6.04 Å². The van der Waals surface area contributed by atoms with Crippen LogP contribution in [0, 0.1) is 0 Å². The molecule has 0 saturated heterocycles. The minimum atomic E-state index is -0.392. The number of nitrogen functional groups attached to an aromatic ring is 2. The average molecular weight is 443 g/mol. The third-order valence-corrected chi connectivity index (χ3v) is 3.61. The third-order valence-electron chi connectivity index (χ3n) is 3.34. The molecule has 0 spiro atoms. The number of halogens is 2. The zero-order valence-corrected chi connectivity index (χ0v) is 16.3. The van der Waals surface area contributed by atoms with Gasteiger partial charge in [0, 0.05) is 6.42 Å². The molecule has 126 valence electrons. The Morgan fingerprint density at radius 1 is 1.27 bits per heavy atom. The minimum absolute atomic E-state index is 0. The van der Waals surface area contributed by atoms with Gasteiger partial charge < -0.3 is 45.2 Å². The maximum absolute atomic E-state index is 12.2. The van der Waals surface area contributed by atoms with Crippen molar-refractivity contribution < 1.29 is 33.3 Å². The first-order chi connectivity index (χ1) is 9.66. The van der Waals surface area contributed by atoms with Crippen molar-refractivity contribution in [2.45, 2.75) is 25.8 Å². The minimum Gasteiger partial charge on any atom is -1.00 e. The van der Waals surface area contributed by atoms with Crippen LogP contribution in [0.4, 0.5) is 11.6 Å². The van der Waals surface area contributed by atoms with Crippen molar-refractivity contribution >= 4 is 29.1 Å². The molecule has 1 aromatic heterocycles. The Labute approximate surface area is 153 Å². The first-order valence-electron chi connectivity index (χ1n) is 6.84. The summed E-state index contributed by atoms with van der Waals surface area (Å²) in [5, 5.41) is 2.82. The molecule has 9 heteroatoms. The number of nitrogens with one attached hydrogen (secondary N) is 1. The second kappa shape index (κ2) is 8.68. The van der Waals surface area contributed by atoms with E-state index in [0.717, 1.165) is 17.3 Å². The number of anilines is 2. The zero-order valence-electron chi connectivity index (χ0n) is 13.4. The van der Waals surface area contributed by atoms with Crippen LogP contribution in [0.5, 0.6) is 0 Å². The van der Waals surface area contributed by atoms with Gasteiger partial charge in [0.2, 0.25) is 0 Å². The quantitative estimate of drug-likeness (QED) is 0.346. The van der Waals surface area contributed by atoms with Crippen LogP contribution >= 0.6 is 11.6 Å². The Morgan fingerprint density at radius 2 is 1.86 bits per heavy atom. The van der Waals surface area contributed by atoms with Crippen molar-refractivity contribution in [2.75, 3.05) is 39.2 Å². The molecule has 1 atom stereocenters. The molecule has 0 bridgehead atoms. The van der Waals surface area contributed by atoms with Crippen LogP contribution in [-0.2, 0) is 0 Å². The fourth-order valence-electron chi connectivity index (χ4n) is 2.00. The Kier molecular flexibility index (Phi) is 8.34.